The molecule has 0 aliphatic carbocycles. The van der Waals surface area contributed by atoms with Gasteiger partial charge in [0, 0.05) is 12.8 Å². The second-order valence-electron chi connectivity index (χ2n) is 15.9. The van der Waals surface area contributed by atoms with E-state index in [2.05, 4.69) is 30.5 Å². The number of phosphoric ester groups is 1. The number of hydrogen-bond donors (Lipinski definition) is 3. The van der Waals surface area contributed by atoms with Gasteiger partial charge in [0.1, 0.15) is 12.6 Å². The Hall–Kier alpha value is -1.78. The first-order valence-corrected chi connectivity index (χ1v) is 24.7. The maximum atomic E-state index is 12.6. The molecule has 3 atom stereocenters. The summed E-state index contributed by atoms with van der Waals surface area (Å²) in [5.74, 6) is -2.36. The van der Waals surface area contributed by atoms with Crippen molar-refractivity contribution in [3.05, 3.63) is 12.2 Å². The van der Waals surface area contributed by atoms with Gasteiger partial charge in [0.05, 0.1) is 13.2 Å². The van der Waals surface area contributed by atoms with E-state index in [1.165, 1.54) is 148 Å². The lowest BCUT2D eigenvalue weighted by Crippen LogP contribution is -2.34. The van der Waals surface area contributed by atoms with Gasteiger partial charge < -0.3 is 25.2 Å². The zero-order chi connectivity index (χ0) is 42.1. The van der Waals surface area contributed by atoms with E-state index in [0.717, 1.165) is 38.5 Å². The average Bonchev–Trinajstić information content (AvgIpc) is 3.19. The van der Waals surface area contributed by atoms with E-state index in [1.54, 1.807) is 0 Å². The Labute approximate surface area is 348 Å². The van der Waals surface area contributed by atoms with E-state index < -0.39 is 51.1 Å². The molecule has 4 N–H and O–H groups in total. The number of aliphatic carboxylic acids is 1. The van der Waals surface area contributed by atoms with Gasteiger partial charge in [0.25, 0.3) is 0 Å². The van der Waals surface area contributed by atoms with Crippen LogP contribution in [0.25, 0.3) is 0 Å². The lowest BCUT2D eigenvalue weighted by atomic mass is 10.0. The number of phosphoric acid groups is 1. The van der Waals surface area contributed by atoms with Gasteiger partial charge in [-0.05, 0) is 38.5 Å². The Balaban J connectivity index is 4.27. The topological polar surface area (TPSA) is 172 Å². The summed E-state index contributed by atoms with van der Waals surface area (Å²) in [7, 11) is -4.71. The summed E-state index contributed by atoms with van der Waals surface area (Å²) in [6.45, 7) is 2.83. The highest BCUT2D eigenvalue weighted by molar-refractivity contribution is 7.47. The molecular weight excluding hydrogens is 745 g/mol. The zero-order valence-corrected chi connectivity index (χ0v) is 37.3. The average molecular weight is 832 g/mol. The van der Waals surface area contributed by atoms with Crippen molar-refractivity contribution in [2.45, 2.75) is 238 Å². The number of nitrogens with two attached hydrogens (primary N) is 1. The number of carboxylic acids is 1. The first kappa shape index (κ1) is 55.2. The standard InChI is InChI=1S/C45H86NO10P/c1-3-5-7-9-11-13-15-17-19-20-21-22-23-25-26-28-30-32-34-36-43(47)53-38-41(39-54-57(51,52)55-40-42(46)45(49)50)56-44(48)37-35-33-31-29-27-24-18-16-14-12-10-8-6-4-2/h17,19,41-42H,3-16,18,20-40,46H2,1-2H3,(H,49,50)(H,51,52)/b19-17+/t41-,42+/m0/s1. The number of esters is 2. The third-order valence-electron chi connectivity index (χ3n) is 10.3. The second kappa shape index (κ2) is 41.0. The predicted molar refractivity (Wildman–Crippen MR) is 231 cm³/mol. The van der Waals surface area contributed by atoms with Crippen molar-refractivity contribution in [3.8, 4) is 0 Å². The fourth-order valence-electron chi connectivity index (χ4n) is 6.59. The molecule has 1 unspecified atom stereocenters. The molecule has 11 nitrogen and oxygen atoms in total. The summed E-state index contributed by atoms with van der Waals surface area (Å²) in [5, 5.41) is 8.89. The van der Waals surface area contributed by atoms with Crippen LogP contribution >= 0.6 is 7.82 Å². The molecule has 0 amide bonds. The molecule has 0 saturated heterocycles. The van der Waals surface area contributed by atoms with Crippen LogP contribution in [0.2, 0.25) is 0 Å². The minimum Gasteiger partial charge on any atom is -0.480 e. The van der Waals surface area contributed by atoms with Crippen LogP contribution in [0.4, 0.5) is 0 Å². The first-order valence-electron chi connectivity index (χ1n) is 23.2. The summed E-state index contributed by atoms with van der Waals surface area (Å²) in [4.78, 5) is 46.0. The van der Waals surface area contributed by atoms with Gasteiger partial charge in [-0.25, -0.2) is 4.57 Å². The largest absolute Gasteiger partial charge is 0.480 e. The summed E-state index contributed by atoms with van der Waals surface area (Å²) < 4.78 is 32.7. The van der Waals surface area contributed by atoms with E-state index in [-0.39, 0.29) is 19.4 Å². The molecule has 0 aliphatic rings. The monoisotopic (exact) mass is 832 g/mol. The van der Waals surface area contributed by atoms with Crippen LogP contribution in [0.5, 0.6) is 0 Å². The van der Waals surface area contributed by atoms with Gasteiger partial charge in [-0.1, -0.05) is 187 Å². The van der Waals surface area contributed by atoms with Crippen molar-refractivity contribution < 1.29 is 47.5 Å². The molecule has 0 aromatic heterocycles. The predicted octanol–water partition coefficient (Wildman–Crippen LogP) is 12.5. The summed E-state index contributed by atoms with van der Waals surface area (Å²) in [6, 6.07) is -1.52. The van der Waals surface area contributed by atoms with Crippen LogP contribution in [0, 0.1) is 0 Å². The number of rotatable bonds is 44. The molecule has 0 aromatic rings. The normalized spacial score (nSPS) is 13.8. The van der Waals surface area contributed by atoms with Crippen LogP contribution in [-0.2, 0) is 37.5 Å². The number of unbranched alkanes of at least 4 members (excludes halogenated alkanes) is 28. The highest BCUT2D eigenvalue weighted by atomic mass is 31.2. The molecule has 0 rings (SSSR count). The molecule has 0 heterocycles. The molecule has 12 heteroatoms. The van der Waals surface area contributed by atoms with Crippen LogP contribution < -0.4 is 5.73 Å². The van der Waals surface area contributed by atoms with Gasteiger partial charge in [-0.2, -0.15) is 0 Å². The SMILES string of the molecule is CCCCCCCC/C=C/CCCCCCCCCCCC(=O)OC[C@@H](COP(=O)(O)OC[C@@H](N)C(=O)O)OC(=O)CCCCCCCCCCCCCCCC. The number of carbonyl (C=O) groups excluding carboxylic acids is 2. The number of hydrogen-bond acceptors (Lipinski definition) is 9. The lowest BCUT2D eigenvalue weighted by Gasteiger charge is -2.20. The number of carbonyl (C=O) groups is 3. The molecule has 0 aliphatic heterocycles. The smallest absolute Gasteiger partial charge is 0.472 e. The summed E-state index contributed by atoms with van der Waals surface area (Å²) in [5.41, 5.74) is 5.34. The Bertz CT molecular complexity index is 1030. The molecule has 0 aromatic carbocycles. The summed E-state index contributed by atoms with van der Waals surface area (Å²) in [6.07, 6.45) is 41.3. The van der Waals surface area contributed by atoms with Gasteiger partial charge in [0.2, 0.25) is 0 Å². The van der Waals surface area contributed by atoms with E-state index in [1.807, 2.05) is 0 Å². The molecular formula is C45H86NO10P. The minimum absolute atomic E-state index is 0.167. The summed E-state index contributed by atoms with van der Waals surface area (Å²) >= 11 is 0. The van der Waals surface area contributed by atoms with Crippen molar-refractivity contribution in [3.63, 3.8) is 0 Å². The molecule has 0 radical (unpaired) electrons. The van der Waals surface area contributed by atoms with Gasteiger partial charge >= 0.3 is 25.7 Å². The fourth-order valence-corrected chi connectivity index (χ4v) is 7.37. The van der Waals surface area contributed by atoms with Gasteiger partial charge in [0.15, 0.2) is 6.10 Å². The lowest BCUT2D eigenvalue weighted by molar-refractivity contribution is -0.161. The fraction of sp³-hybridized carbons (Fsp3) is 0.889. The highest BCUT2D eigenvalue weighted by Gasteiger charge is 2.28. The van der Waals surface area contributed by atoms with Crippen molar-refractivity contribution in [2.24, 2.45) is 5.73 Å². The molecule has 0 saturated carbocycles. The number of ether oxygens (including phenoxy) is 2. The maximum Gasteiger partial charge on any atom is 0.472 e. The van der Waals surface area contributed by atoms with Gasteiger partial charge in [-0.15, -0.1) is 0 Å². The molecule has 0 fully saturated rings. The van der Waals surface area contributed by atoms with E-state index in [9.17, 15) is 23.8 Å². The van der Waals surface area contributed by atoms with Gasteiger partial charge in [-0.3, -0.25) is 23.4 Å². The van der Waals surface area contributed by atoms with Crippen molar-refractivity contribution in [2.75, 3.05) is 19.8 Å². The van der Waals surface area contributed by atoms with Crippen LogP contribution in [0.3, 0.4) is 0 Å². The van der Waals surface area contributed by atoms with E-state index in [0.29, 0.717) is 12.8 Å². The third kappa shape index (κ3) is 40.8. The second-order valence-corrected chi connectivity index (χ2v) is 17.3. The molecule has 0 spiro atoms. The van der Waals surface area contributed by atoms with E-state index in [4.69, 9.17) is 24.8 Å². The van der Waals surface area contributed by atoms with Crippen molar-refractivity contribution in [1.29, 1.82) is 0 Å². The van der Waals surface area contributed by atoms with Crippen molar-refractivity contribution in [1.82, 2.24) is 0 Å². The Kier molecular flexibility index (Phi) is 39.7. The van der Waals surface area contributed by atoms with Crippen molar-refractivity contribution >= 4 is 25.7 Å². The quantitative estimate of drug-likeness (QED) is 0.0231. The minimum atomic E-state index is -4.71. The zero-order valence-electron chi connectivity index (χ0n) is 36.5. The van der Waals surface area contributed by atoms with Crippen LogP contribution in [0.1, 0.15) is 226 Å². The Morgan fingerprint density at radius 1 is 0.526 bits per heavy atom. The maximum absolute atomic E-state index is 12.6. The molecule has 336 valence electrons. The number of allylic oxidation sites excluding steroid dienone is 2. The molecule has 57 heavy (non-hydrogen) atoms. The molecule has 0 bridgehead atoms. The highest BCUT2D eigenvalue weighted by Crippen LogP contribution is 2.43. The third-order valence-corrected chi connectivity index (χ3v) is 11.2. The van der Waals surface area contributed by atoms with Crippen LogP contribution in [-0.4, -0.2) is 59.9 Å². The van der Waals surface area contributed by atoms with Crippen LogP contribution in [0.15, 0.2) is 12.2 Å². The number of carboxylic acid groups (broad SMARTS) is 1. The Morgan fingerprint density at radius 3 is 1.28 bits per heavy atom. The Morgan fingerprint density at radius 2 is 0.877 bits per heavy atom. The first-order chi connectivity index (χ1) is 27.6. The van der Waals surface area contributed by atoms with E-state index >= 15 is 0 Å².